The molecule has 1 aliphatic rings. The summed E-state index contributed by atoms with van der Waals surface area (Å²) in [4.78, 5) is 35.2. The van der Waals surface area contributed by atoms with E-state index in [0.717, 1.165) is 41.6 Å². The van der Waals surface area contributed by atoms with Crippen molar-refractivity contribution in [2.75, 3.05) is 24.5 Å². The molecule has 7 heteroatoms. The Morgan fingerprint density at radius 3 is 2.90 bits per heavy atom. The first-order valence-electron chi connectivity index (χ1n) is 10.5. The van der Waals surface area contributed by atoms with Crippen LogP contribution in [0.1, 0.15) is 32.3 Å². The van der Waals surface area contributed by atoms with Gasteiger partial charge in [-0.15, -0.1) is 11.3 Å². The van der Waals surface area contributed by atoms with Gasteiger partial charge in [0.05, 0.1) is 11.4 Å². The van der Waals surface area contributed by atoms with Crippen LogP contribution < -0.4 is 15.8 Å². The van der Waals surface area contributed by atoms with Crippen molar-refractivity contribution in [3.63, 3.8) is 0 Å². The number of nitrogens with zero attached hydrogens (tertiary/aromatic N) is 2. The van der Waals surface area contributed by atoms with Crippen LogP contribution in [-0.4, -0.2) is 35.5 Å². The number of hydrogen-bond acceptors (Lipinski definition) is 5. The number of amides is 1. The number of carbonyl (C=O) groups is 1. The Balaban J connectivity index is 1.64. The van der Waals surface area contributed by atoms with Crippen molar-refractivity contribution in [3.05, 3.63) is 45.6 Å². The van der Waals surface area contributed by atoms with Crippen LogP contribution in [0, 0.1) is 18.8 Å². The van der Waals surface area contributed by atoms with E-state index in [4.69, 9.17) is 4.98 Å². The van der Waals surface area contributed by atoms with Gasteiger partial charge in [-0.05, 0) is 36.8 Å². The van der Waals surface area contributed by atoms with Crippen molar-refractivity contribution in [2.45, 2.75) is 33.6 Å². The van der Waals surface area contributed by atoms with Crippen LogP contribution in [0.2, 0.25) is 0 Å². The van der Waals surface area contributed by atoms with Gasteiger partial charge in [-0.2, -0.15) is 0 Å². The first-order chi connectivity index (χ1) is 14.4. The molecule has 0 bridgehead atoms. The summed E-state index contributed by atoms with van der Waals surface area (Å²) in [6.45, 7) is 8.28. The van der Waals surface area contributed by atoms with E-state index in [9.17, 15) is 9.59 Å². The Morgan fingerprint density at radius 1 is 1.33 bits per heavy atom. The number of piperidine rings is 1. The summed E-state index contributed by atoms with van der Waals surface area (Å²) in [6.07, 6.45) is 1.76. The molecule has 1 saturated heterocycles. The zero-order valence-corrected chi connectivity index (χ0v) is 18.5. The smallest absolute Gasteiger partial charge is 0.270 e. The number of thiophene rings is 1. The third-order valence-electron chi connectivity index (χ3n) is 5.63. The Hall–Kier alpha value is -2.67. The third kappa shape index (κ3) is 4.12. The number of fused-ring (bicyclic) bond motifs is 1. The molecule has 6 nitrogen and oxygen atoms in total. The van der Waals surface area contributed by atoms with Crippen LogP contribution in [0.25, 0.3) is 21.3 Å². The molecule has 3 heterocycles. The van der Waals surface area contributed by atoms with Crippen molar-refractivity contribution < 1.29 is 4.79 Å². The summed E-state index contributed by atoms with van der Waals surface area (Å²) in [5.74, 6) is 0.986. The normalized spacial score (nSPS) is 16.9. The van der Waals surface area contributed by atoms with E-state index in [2.05, 4.69) is 43.2 Å². The van der Waals surface area contributed by atoms with E-state index in [-0.39, 0.29) is 17.4 Å². The Morgan fingerprint density at radius 2 is 2.13 bits per heavy atom. The van der Waals surface area contributed by atoms with Crippen LogP contribution >= 0.6 is 11.3 Å². The van der Waals surface area contributed by atoms with Crippen molar-refractivity contribution in [1.29, 1.82) is 0 Å². The minimum atomic E-state index is -0.119. The number of aromatic nitrogens is 2. The van der Waals surface area contributed by atoms with E-state index in [1.165, 1.54) is 11.3 Å². The lowest BCUT2D eigenvalue weighted by Crippen LogP contribution is -2.44. The molecule has 0 spiro atoms. The van der Waals surface area contributed by atoms with Gasteiger partial charge in [-0.25, -0.2) is 4.98 Å². The summed E-state index contributed by atoms with van der Waals surface area (Å²) >= 11 is 1.43. The summed E-state index contributed by atoms with van der Waals surface area (Å²) in [5, 5.41) is 5.05. The molecule has 3 aromatic rings. The quantitative estimate of drug-likeness (QED) is 0.650. The minimum Gasteiger partial charge on any atom is -0.356 e. The number of rotatable bonds is 5. The van der Waals surface area contributed by atoms with Gasteiger partial charge in [0, 0.05) is 30.6 Å². The minimum absolute atomic E-state index is 0.0863. The average Bonchev–Trinajstić information content (AvgIpc) is 3.17. The number of carbonyl (C=O) groups excluding carboxylic acids is 1. The average molecular weight is 425 g/mol. The van der Waals surface area contributed by atoms with Crippen LogP contribution in [0.15, 0.2) is 34.4 Å². The first kappa shape index (κ1) is 20.6. The molecule has 0 aliphatic carbocycles. The number of anilines is 1. The lowest BCUT2D eigenvalue weighted by molar-refractivity contribution is -0.125. The number of aryl methyl sites for hydroxylation is 1. The van der Waals surface area contributed by atoms with Gasteiger partial charge in [0.15, 0.2) is 0 Å². The molecule has 1 unspecified atom stereocenters. The monoisotopic (exact) mass is 424 g/mol. The van der Waals surface area contributed by atoms with E-state index >= 15 is 0 Å². The Kier molecular flexibility index (Phi) is 5.90. The molecule has 158 valence electrons. The fraction of sp³-hybridized carbons (Fsp3) is 0.435. The maximum absolute atomic E-state index is 12.8. The molecule has 1 atom stereocenters. The molecule has 1 amide bonds. The predicted molar refractivity (Wildman–Crippen MR) is 123 cm³/mol. The van der Waals surface area contributed by atoms with Crippen LogP contribution in [0.4, 0.5) is 5.95 Å². The van der Waals surface area contributed by atoms with E-state index in [1.807, 2.05) is 22.4 Å². The Bertz CT molecular complexity index is 1120. The number of H-pyrrole nitrogens is 1. The number of benzene rings is 1. The SMILES string of the molecule is Cc1ccccc1-c1csc2c(=O)[nH]c(N3CCCC(C(=O)NCC(C)C)C3)nc12. The van der Waals surface area contributed by atoms with Crippen molar-refractivity contribution >= 4 is 33.4 Å². The lowest BCUT2D eigenvalue weighted by Gasteiger charge is -2.32. The van der Waals surface area contributed by atoms with Gasteiger partial charge in [0.1, 0.15) is 4.70 Å². The van der Waals surface area contributed by atoms with Crippen LogP contribution in [0.5, 0.6) is 0 Å². The van der Waals surface area contributed by atoms with Gasteiger partial charge < -0.3 is 10.2 Å². The van der Waals surface area contributed by atoms with Crippen molar-refractivity contribution in [1.82, 2.24) is 15.3 Å². The van der Waals surface area contributed by atoms with Crippen LogP contribution in [0.3, 0.4) is 0 Å². The fourth-order valence-corrected chi connectivity index (χ4v) is 4.86. The second kappa shape index (κ2) is 8.60. The largest absolute Gasteiger partial charge is 0.356 e. The number of hydrogen-bond donors (Lipinski definition) is 2. The van der Waals surface area contributed by atoms with Gasteiger partial charge in [-0.1, -0.05) is 38.1 Å². The van der Waals surface area contributed by atoms with Crippen molar-refractivity contribution in [2.24, 2.45) is 11.8 Å². The molecule has 4 rings (SSSR count). The summed E-state index contributed by atoms with van der Waals surface area (Å²) < 4.78 is 0.639. The molecule has 2 N–H and O–H groups in total. The molecule has 1 aromatic carbocycles. The highest BCUT2D eigenvalue weighted by molar-refractivity contribution is 7.17. The van der Waals surface area contributed by atoms with Crippen LogP contribution in [-0.2, 0) is 4.79 Å². The molecule has 2 aromatic heterocycles. The Labute approximate surface area is 180 Å². The summed E-state index contributed by atoms with van der Waals surface area (Å²) in [5.41, 5.74) is 3.85. The molecule has 30 heavy (non-hydrogen) atoms. The van der Waals surface area contributed by atoms with Gasteiger partial charge in [-0.3, -0.25) is 14.6 Å². The number of aromatic amines is 1. The molecule has 1 fully saturated rings. The fourth-order valence-electron chi connectivity index (χ4n) is 3.96. The van der Waals surface area contributed by atoms with E-state index < -0.39 is 0 Å². The highest BCUT2D eigenvalue weighted by Gasteiger charge is 2.27. The second-order valence-electron chi connectivity index (χ2n) is 8.46. The topological polar surface area (TPSA) is 78.1 Å². The number of nitrogens with one attached hydrogen (secondary N) is 2. The molecular formula is C23H28N4O2S. The molecule has 0 saturated carbocycles. The maximum Gasteiger partial charge on any atom is 0.270 e. The third-order valence-corrected chi connectivity index (χ3v) is 6.59. The van der Waals surface area contributed by atoms with E-state index in [1.54, 1.807) is 0 Å². The first-order valence-corrected chi connectivity index (χ1v) is 11.4. The zero-order valence-electron chi connectivity index (χ0n) is 17.7. The highest BCUT2D eigenvalue weighted by atomic mass is 32.1. The van der Waals surface area contributed by atoms with Gasteiger partial charge in [0.25, 0.3) is 5.56 Å². The molecular weight excluding hydrogens is 396 g/mol. The zero-order chi connectivity index (χ0) is 21.3. The standard InChI is InChI=1S/C23H28N4O2S/c1-14(2)11-24-21(28)16-8-6-10-27(12-16)23-25-19-18(13-30-20(19)22(29)26-23)17-9-5-4-7-15(17)3/h4-5,7,9,13-14,16H,6,8,10-12H2,1-3H3,(H,24,28)(H,25,26,29). The molecule has 0 radical (unpaired) electrons. The predicted octanol–water partition coefficient (Wildman–Crippen LogP) is 3.95. The van der Waals surface area contributed by atoms with Gasteiger partial charge >= 0.3 is 0 Å². The maximum atomic E-state index is 12.8. The van der Waals surface area contributed by atoms with Gasteiger partial charge in [0.2, 0.25) is 11.9 Å². The van der Waals surface area contributed by atoms with E-state index in [0.29, 0.717) is 29.7 Å². The summed E-state index contributed by atoms with van der Waals surface area (Å²) in [6, 6.07) is 8.15. The lowest BCUT2D eigenvalue weighted by atomic mass is 9.97. The highest BCUT2D eigenvalue weighted by Crippen LogP contribution is 2.33. The molecule has 1 aliphatic heterocycles. The van der Waals surface area contributed by atoms with Crippen molar-refractivity contribution in [3.8, 4) is 11.1 Å². The summed E-state index contributed by atoms with van der Waals surface area (Å²) in [7, 11) is 0. The second-order valence-corrected chi connectivity index (χ2v) is 9.34.